The number of aliphatic hydroxyl groups excluding tert-OH is 1. The molecule has 114 valence electrons. The van der Waals surface area contributed by atoms with Crippen LogP contribution in [0.15, 0.2) is 0 Å². The maximum Gasteiger partial charge on any atom is 0.0835 e. The monoisotopic (exact) mass is 266 g/mol. The van der Waals surface area contributed by atoms with Gasteiger partial charge in [0.2, 0.25) is 0 Å². The van der Waals surface area contributed by atoms with Crippen molar-refractivity contribution in [3.8, 4) is 0 Å². The molecule has 1 fully saturated rings. The minimum atomic E-state index is 0.247. The summed E-state index contributed by atoms with van der Waals surface area (Å²) in [5.74, 6) is 0. The SMILES string of the molecule is CC.CC.CCCOC1COC(COC)C1.CO. The average molecular weight is 266 g/mol. The van der Waals surface area contributed by atoms with E-state index in [4.69, 9.17) is 19.3 Å². The van der Waals surface area contributed by atoms with Crippen LogP contribution in [0.2, 0.25) is 0 Å². The van der Waals surface area contributed by atoms with E-state index in [2.05, 4.69) is 6.92 Å². The van der Waals surface area contributed by atoms with Gasteiger partial charge in [-0.05, 0) is 6.42 Å². The Bertz CT molecular complexity index is 120. The first-order valence-corrected chi connectivity index (χ1v) is 7.03. The summed E-state index contributed by atoms with van der Waals surface area (Å²) in [6.07, 6.45) is 2.60. The molecule has 0 amide bonds. The maximum atomic E-state index is 7.00. The maximum absolute atomic E-state index is 7.00. The second-order valence-electron chi connectivity index (χ2n) is 3.14. The van der Waals surface area contributed by atoms with E-state index in [-0.39, 0.29) is 6.10 Å². The molecule has 18 heavy (non-hydrogen) atoms. The summed E-state index contributed by atoms with van der Waals surface area (Å²) in [6.45, 7) is 12.4. The minimum absolute atomic E-state index is 0.247. The second-order valence-corrected chi connectivity index (χ2v) is 3.14. The van der Waals surface area contributed by atoms with Crippen LogP contribution in [0.5, 0.6) is 0 Å². The van der Waals surface area contributed by atoms with Gasteiger partial charge in [-0.15, -0.1) is 0 Å². The highest BCUT2D eigenvalue weighted by atomic mass is 16.6. The van der Waals surface area contributed by atoms with E-state index >= 15 is 0 Å². The van der Waals surface area contributed by atoms with Crippen molar-refractivity contribution in [3.63, 3.8) is 0 Å². The third-order valence-corrected chi connectivity index (χ3v) is 1.95. The lowest BCUT2D eigenvalue weighted by Gasteiger charge is -2.08. The standard InChI is InChI=1S/C9H18O3.2C2H6.CH4O/c1-3-4-11-9-5-8(6-10-2)12-7-9;3*1-2/h8-9H,3-7H2,1-2H3;2*1-2H3;2H,1H3. The molecule has 0 radical (unpaired) electrons. The van der Waals surface area contributed by atoms with E-state index in [0.29, 0.717) is 12.7 Å². The summed E-state index contributed by atoms with van der Waals surface area (Å²) < 4.78 is 16.0. The van der Waals surface area contributed by atoms with Crippen LogP contribution in [0.1, 0.15) is 47.5 Å². The third kappa shape index (κ3) is 13.9. The molecule has 1 heterocycles. The van der Waals surface area contributed by atoms with Gasteiger partial charge in [-0.1, -0.05) is 34.6 Å². The van der Waals surface area contributed by atoms with E-state index in [1.54, 1.807) is 7.11 Å². The molecule has 0 aliphatic carbocycles. The zero-order chi connectivity index (χ0) is 14.8. The normalized spacial score (nSPS) is 20.7. The smallest absolute Gasteiger partial charge is 0.0835 e. The predicted octanol–water partition coefficient (Wildman–Crippen LogP) is 2.88. The molecule has 0 saturated carbocycles. The number of aliphatic hydroxyl groups is 1. The largest absolute Gasteiger partial charge is 0.400 e. The fourth-order valence-corrected chi connectivity index (χ4v) is 1.38. The Morgan fingerprint density at radius 3 is 2.17 bits per heavy atom. The first-order valence-electron chi connectivity index (χ1n) is 7.03. The van der Waals surface area contributed by atoms with Crippen molar-refractivity contribution in [2.24, 2.45) is 0 Å². The van der Waals surface area contributed by atoms with Gasteiger partial charge in [-0.2, -0.15) is 0 Å². The lowest BCUT2D eigenvalue weighted by Crippen LogP contribution is -2.15. The molecule has 1 saturated heterocycles. The molecule has 0 spiro atoms. The van der Waals surface area contributed by atoms with Crippen molar-refractivity contribution in [3.05, 3.63) is 0 Å². The van der Waals surface area contributed by atoms with Crippen LogP contribution >= 0.6 is 0 Å². The van der Waals surface area contributed by atoms with Crippen LogP contribution in [0.4, 0.5) is 0 Å². The van der Waals surface area contributed by atoms with Gasteiger partial charge in [0.05, 0.1) is 25.4 Å². The summed E-state index contributed by atoms with van der Waals surface area (Å²) >= 11 is 0. The molecule has 2 unspecified atom stereocenters. The molecular weight excluding hydrogens is 232 g/mol. The first kappa shape index (κ1) is 23.0. The van der Waals surface area contributed by atoms with Crippen LogP contribution in [-0.2, 0) is 14.2 Å². The zero-order valence-electron chi connectivity index (χ0n) is 13.4. The molecule has 0 aromatic heterocycles. The number of ether oxygens (including phenoxy) is 3. The van der Waals surface area contributed by atoms with Gasteiger partial charge in [0, 0.05) is 27.2 Å². The molecule has 1 aliphatic heterocycles. The summed E-state index contributed by atoms with van der Waals surface area (Å²) in [7, 11) is 2.70. The highest BCUT2D eigenvalue weighted by molar-refractivity contribution is 4.73. The van der Waals surface area contributed by atoms with E-state index < -0.39 is 0 Å². The van der Waals surface area contributed by atoms with E-state index in [9.17, 15) is 0 Å². The highest BCUT2D eigenvalue weighted by Gasteiger charge is 2.25. The molecule has 2 atom stereocenters. The Kier molecular flexibility index (Phi) is 28.2. The molecule has 0 aromatic rings. The molecule has 1 rings (SSSR count). The Labute approximate surface area is 114 Å². The zero-order valence-corrected chi connectivity index (χ0v) is 13.4. The molecule has 4 nitrogen and oxygen atoms in total. The highest BCUT2D eigenvalue weighted by Crippen LogP contribution is 2.16. The van der Waals surface area contributed by atoms with Crippen molar-refractivity contribution < 1.29 is 19.3 Å². The van der Waals surface area contributed by atoms with Gasteiger partial charge in [-0.3, -0.25) is 0 Å². The number of hydrogen-bond donors (Lipinski definition) is 1. The van der Waals surface area contributed by atoms with Crippen LogP contribution in [-0.4, -0.2) is 51.4 Å². The van der Waals surface area contributed by atoms with Gasteiger partial charge in [0.1, 0.15) is 0 Å². The molecular formula is C14H34O4. The fraction of sp³-hybridized carbons (Fsp3) is 1.00. The molecule has 0 aromatic carbocycles. The van der Waals surface area contributed by atoms with Crippen LogP contribution in [0.25, 0.3) is 0 Å². The Morgan fingerprint density at radius 1 is 1.17 bits per heavy atom. The number of hydrogen-bond acceptors (Lipinski definition) is 4. The summed E-state index contributed by atoms with van der Waals surface area (Å²) in [4.78, 5) is 0. The molecule has 0 bridgehead atoms. The summed E-state index contributed by atoms with van der Waals surface area (Å²) in [5, 5.41) is 7.00. The van der Waals surface area contributed by atoms with Crippen LogP contribution < -0.4 is 0 Å². The number of rotatable bonds is 5. The fourth-order valence-electron chi connectivity index (χ4n) is 1.38. The quantitative estimate of drug-likeness (QED) is 0.831. The van der Waals surface area contributed by atoms with Gasteiger partial charge in [0.25, 0.3) is 0 Å². The number of methoxy groups -OCH3 is 1. The molecule has 1 N–H and O–H groups in total. The van der Waals surface area contributed by atoms with Gasteiger partial charge >= 0.3 is 0 Å². The Balaban J connectivity index is -0.000000328. The van der Waals surface area contributed by atoms with Gasteiger partial charge in [-0.25, -0.2) is 0 Å². The molecule has 4 heteroatoms. The predicted molar refractivity (Wildman–Crippen MR) is 77.1 cm³/mol. The van der Waals surface area contributed by atoms with Gasteiger partial charge in [0.15, 0.2) is 0 Å². The van der Waals surface area contributed by atoms with Crippen molar-refractivity contribution >= 4 is 0 Å². The Morgan fingerprint density at radius 2 is 1.72 bits per heavy atom. The van der Waals surface area contributed by atoms with E-state index in [0.717, 1.165) is 33.2 Å². The Hall–Kier alpha value is -0.160. The van der Waals surface area contributed by atoms with Crippen molar-refractivity contribution in [2.45, 2.75) is 59.7 Å². The lowest BCUT2D eigenvalue weighted by atomic mass is 10.2. The minimum Gasteiger partial charge on any atom is -0.400 e. The van der Waals surface area contributed by atoms with Crippen molar-refractivity contribution in [1.29, 1.82) is 0 Å². The molecule has 1 aliphatic rings. The first-order chi connectivity index (χ1) is 8.86. The van der Waals surface area contributed by atoms with Crippen molar-refractivity contribution in [1.82, 2.24) is 0 Å². The average Bonchev–Trinajstić information content (AvgIpc) is 2.91. The third-order valence-electron chi connectivity index (χ3n) is 1.95. The van der Waals surface area contributed by atoms with E-state index in [1.807, 2.05) is 27.7 Å². The second kappa shape index (κ2) is 22.1. The van der Waals surface area contributed by atoms with Gasteiger partial charge < -0.3 is 19.3 Å². The van der Waals surface area contributed by atoms with Crippen LogP contribution in [0, 0.1) is 0 Å². The summed E-state index contributed by atoms with van der Waals surface area (Å²) in [5.41, 5.74) is 0. The van der Waals surface area contributed by atoms with Crippen molar-refractivity contribution in [2.75, 3.05) is 34.0 Å². The lowest BCUT2D eigenvalue weighted by molar-refractivity contribution is 0.0213. The summed E-state index contributed by atoms with van der Waals surface area (Å²) in [6, 6.07) is 0. The van der Waals surface area contributed by atoms with Crippen LogP contribution in [0.3, 0.4) is 0 Å². The topological polar surface area (TPSA) is 47.9 Å². The van der Waals surface area contributed by atoms with E-state index in [1.165, 1.54) is 0 Å².